The molecular weight excluding hydrogens is 478 g/mol. The fourth-order valence-corrected chi connectivity index (χ4v) is 3.61. The van der Waals surface area contributed by atoms with Crippen molar-refractivity contribution in [1.82, 2.24) is 14.8 Å². The number of aryl methyl sites for hydroxylation is 1. The Morgan fingerprint density at radius 1 is 0.871 bits per heavy atom. The molecule has 1 heterocycles. The van der Waals surface area contributed by atoms with Crippen molar-refractivity contribution in [3.8, 4) is 17.1 Å². The van der Waals surface area contributed by atoms with Crippen molar-refractivity contribution in [2.24, 2.45) is 0 Å². The van der Waals surface area contributed by atoms with Gasteiger partial charge in [0, 0.05) is 10.6 Å². The summed E-state index contributed by atoms with van der Waals surface area (Å²) in [4.78, 5) is 17.3. The summed E-state index contributed by atoms with van der Waals surface area (Å²) in [5.41, 5.74) is 2.90. The number of nitrogens with one attached hydrogen (secondary N) is 1. The van der Waals surface area contributed by atoms with Crippen molar-refractivity contribution in [3.05, 3.63) is 92.1 Å². The van der Waals surface area contributed by atoms with Crippen LogP contribution in [0, 0.1) is 6.92 Å². The van der Waals surface area contributed by atoms with Gasteiger partial charge in [0.05, 0.1) is 26.4 Å². The maximum atomic E-state index is 12.9. The first kappa shape index (κ1) is 21.7. The van der Waals surface area contributed by atoms with E-state index < -0.39 is 5.91 Å². The minimum Gasteiger partial charge on any atom is -0.318 e. The standard InChI is InChI=1S/C22H14Cl4N4O/c1-12-2-4-13(5-3-12)21-28-20(22(31)27-19-9-6-14(23)10-18(19)26)29-30(21)15-7-8-16(24)17(25)11-15/h2-11H,1H3,(H,27,31). The van der Waals surface area contributed by atoms with Gasteiger partial charge < -0.3 is 5.32 Å². The van der Waals surface area contributed by atoms with Gasteiger partial charge in [-0.3, -0.25) is 4.79 Å². The second-order valence-electron chi connectivity index (χ2n) is 6.71. The zero-order valence-corrected chi connectivity index (χ0v) is 19.1. The average molecular weight is 492 g/mol. The van der Waals surface area contributed by atoms with Crippen molar-refractivity contribution >= 4 is 58.0 Å². The van der Waals surface area contributed by atoms with Gasteiger partial charge in [0.2, 0.25) is 5.82 Å². The van der Waals surface area contributed by atoms with Gasteiger partial charge in [-0.1, -0.05) is 76.2 Å². The molecule has 1 N–H and O–H groups in total. The van der Waals surface area contributed by atoms with Gasteiger partial charge in [-0.05, 0) is 43.3 Å². The van der Waals surface area contributed by atoms with E-state index in [4.69, 9.17) is 46.4 Å². The topological polar surface area (TPSA) is 59.8 Å². The molecule has 1 aromatic heterocycles. The van der Waals surface area contributed by atoms with Crippen LogP contribution in [0.2, 0.25) is 20.1 Å². The fraction of sp³-hybridized carbons (Fsp3) is 0.0455. The highest BCUT2D eigenvalue weighted by atomic mass is 35.5. The van der Waals surface area contributed by atoms with Gasteiger partial charge in [-0.25, -0.2) is 9.67 Å². The Labute approximate surface area is 198 Å². The first-order chi connectivity index (χ1) is 14.8. The monoisotopic (exact) mass is 490 g/mol. The number of benzene rings is 3. The van der Waals surface area contributed by atoms with Crippen LogP contribution in [0.4, 0.5) is 5.69 Å². The zero-order chi connectivity index (χ0) is 22.1. The highest BCUT2D eigenvalue weighted by molar-refractivity contribution is 6.42. The summed E-state index contributed by atoms with van der Waals surface area (Å²) < 4.78 is 1.55. The molecule has 4 rings (SSSR count). The molecule has 4 aromatic rings. The first-order valence-electron chi connectivity index (χ1n) is 9.08. The fourth-order valence-electron chi connectivity index (χ4n) is 2.86. The summed E-state index contributed by atoms with van der Waals surface area (Å²) in [5.74, 6) is -0.0743. The first-order valence-corrected chi connectivity index (χ1v) is 10.6. The van der Waals surface area contributed by atoms with Crippen LogP contribution < -0.4 is 5.32 Å². The summed E-state index contributed by atoms with van der Waals surface area (Å²) in [5, 5.41) is 8.68. The van der Waals surface area contributed by atoms with Crippen LogP contribution in [0.3, 0.4) is 0 Å². The summed E-state index contributed by atoms with van der Waals surface area (Å²) >= 11 is 24.3. The van der Waals surface area contributed by atoms with Crippen LogP contribution in [-0.4, -0.2) is 20.7 Å². The number of nitrogens with zero attached hydrogens (tertiary/aromatic N) is 3. The average Bonchev–Trinajstić information content (AvgIpc) is 3.18. The zero-order valence-electron chi connectivity index (χ0n) is 16.0. The van der Waals surface area contributed by atoms with Crippen LogP contribution in [0.15, 0.2) is 60.7 Å². The van der Waals surface area contributed by atoms with Gasteiger partial charge in [-0.15, -0.1) is 5.10 Å². The summed E-state index contributed by atoms with van der Waals surface area (Å²) in [6.45, 7) is 1.99. The number of halogens is 4. The highest BCUT2D eigenvalue weighted by Gasteiger charge is 2.20. The Bertz CT molecular complexity index is 1290. The lowest BCUT2D eigenvalue weighted by Gasteiger charge is -2.07. The third-order valence-electron chi connectivity index (χ3n) is 4.45. The van der Waals surface area contributed by atoms with Crippen molar-refractivity contribution in [2.45, 2.75) is 6.92 Å². The molecule has 0 unspecified atom stereocenters. The van der Waals surface area contributed by atoms with Crippen molar-refractivity contribution < 1.29 is 4.79 Å². The van der Waals surface area contributed by atoms with Crippen LogP contribution in [0.25, 0.3) is 17.1 Å². The molecule has 9 heteroatoms. The highest BCUT2D eigenvalue weighted by Crippen LogP contribution is 2.29. The van der Waals surface area contributed by atoms with E-state index in [2.05, 4.69) is 15.4 Å². The molecule has 0 saturated carbocycles. The molecule has 0 radical (unpaired) electrons. The Kier molecular flexibility index (Phi) is 6.21. The Morgan fingerprint density at radius 3 is 2.29 bits per heavy atom. The van der Waals surface area contributed by atoms with E-state index in [1.54, 1.807) is 35.0 Å². The largest absolute Gasteiger partial charge is 0.318 e. The maximum Gasteiger partial charge on any atom is 0.295 e. The van der Waals surface area contributed by atoms with E-state index in [0.717, 1.165) is 11.1 Å². The summed E-state index contributed by atoms with van der Waals surface area (Å²) in [6, 6.07) is 17.6. The lowest BCUT2D eigenvalue weighted by Crippen LogP contribution is -2.14. The van der Waals surface area contributed by atoms with E-state index in [-0.39, 0.29) is 5.82 Å². The quantitative estimate of drug-likeness (QED) is 0.331. The van der Waals surface area contributed by atoms with Crippen molar-refractivity contribution in [3.63, 3.8) is 0 Å². The number of carbonyl (C=O) groups is 1. The molecule has 0 atom stereocenters. The van der Waals surface area contributed by atoms with E-state index in [0.29, 0.717) is 37.3 Å². The summed E-state index contributed by atoms with van der Waals surface area (Å²) in [7, 11) is 0. The van der Waals surface area contributed by atoms with Crippen LogP contribution in [0.5, 0.6) is 0 Å². The molecule has 0 aliphatic carbocycles. The number of carbonyl (C=O) groups excluding carboxylic acids is 1. The minimum absolute atomic E-state index is 0.0346. The van der Waals surface area contributed by atoms with E-state index in [1.807, 2.05) is 31.2 Å². The van der Waals surface area contributed by atoms with Crippen LogP contribution in [0.1, 0.15) is 16.2 Å². The Morgan fingerprint density at radius 2 is 1.61 bits per heavy atom. The maximum absolute atomic E-state index is 12.9. The Balaban J connectivity index is 1.77. The van der Waals surface area contributed by atoms with E-state index in [9.17, 15) is 4.79 Å². The smallest absolute Gasteiger partial charge is 0.295 e. The number of amides is 1. The lowest BCUT2D eigenvalue weighted by molar-refractivity contribution is 0.101. The second kappa shape index (κ2) is 8.89. The molecule has 156 valence electrons. The molecule has 0 bridgehead atoms. The molecular formula is C22H14Cl4N4O. The number of rotatable bonds is 4. The number of anilines is 1. The third kappa shape index (κ3) is 4.70. The molecule has 3 aromatic carbocycles. The van der Waals surface area contributed by atoms with E-state index in [1.165, 1.54) is 6.07 Å². The molecule has 0 aliphatic heterocycles. The van der Waals surface area contributed by atoms with Crippen molar-refractivity contribution in [1.29, 1.82) is 0 Å². The van der Waals surface area contributed by atoms with Gasteiger partial charge >= 0.3 is 0 Å². The SMILES string of the molecule is Cc1ccc(-c2nc(C(=O)Nc3ccc(Cl)cc3Cl)nn2-c2ccc(Cl)c(Cl)c2)cc1. The summed E-state index contributed by atoms with van der Waals surface area (Å²) in [6.07, 6.45) is 0. The Hall–Kier alpha value is -2.57. The minimum atomic E-state index is -0.517. The van der Waals surface area contributed by atoms with E-state index >= 15 is 0 Å². The van der Waals surface area contributed by atoms with Crippen LogP contribution in [-0.2, 0) is 0 Å². The van der Waals surface area contributed by atoms with Gasteiger partial charge in [0.25, 0.3) is 5.91 Å². The number of hydrogen-bond acceptors (Lipinski definition) is 3. The van der Waals surface area contributed by atoms with Gasteiger partial charge in [0.15, 0.2) is 5.82 Å². The molecule has 5 nitrogen and oxygen atoms in total. The molecule has 0 aliphatic rings. The predicted molar refractivity (Wildman–Crippen MR) is 126 cm³/mol. The van der Waals surface area contributed by atoms with Crippen molar-refractivity contribution in [2.75, 3.05) is 5.32 Å². The van der Waals surface area contributed by atoms with Crippen LogP contribution >= 0.6 is 46.4 Å². The van der Waals surface area contributed by atoms with Gasteiger partial charge in [-0.2, -0.15) is 0 Å². The number of hydrogen-bond donors (Lipinski definition) is 1. The molecule has 31 heavy (non-hydrogen) atoms. The molecule has 1 amide bonds. The molecule has 0 spiro atoms. The van der Waals surface area contributed by atoms with Gasteiger partial charge in [0.1, 0.15) is 0 Å². The second-order valence-corrected chi connectivity index (χ2v) is 8.37. The number of aromatic nitrogens is 3. The molecule has 0 fully saturated rings. The third-order valence-corrected chi connectivity index (χ3v) is 5.73. The lowest BCUT2D eigenvalue weighted by atomic mass is 10.1. The molecule has 0 saturated heterocycles. The normalized spacial score (nSPS) is 10.9. The predicted octanol–water partition coefficient (Wildman–Crippen LogP) is 7.11.